The molecule has 0 bridgehead atoms. The summed E-state index contributed by atoms with van der Waals surface area (Å²) < 4.78 is 5.28. The van der Waals surface area contributed by atoms with E-state index in [1.54, 1.807) is 31.4 Å². The number of methoxy groups -OCH3 is 1. The number of amides is 1. The molecule has 25 heavy (non-hydrogen) atoms. The average Bonchev–Trinajstić information content (AvgIpc) is 2.60. The number of hydrogen-bond donors (Lipinski definition) is 1. The zero-order valence-electron chi connectivity index (χ0n) is 13.9. The van der Waals surface area contributed by atoms with Crippen molar-refractivity contribution in [1.82, 2.24) is 4.90 Å². The van der Waals surface area contributed by atoms with Crippen LogP contribution >= 0.6 is 11.6 Å². The lowest BCUT2D eigenvalue weighted by Gasteiger charge is -2.21. The molecule has 0 aliphatic heterocycles. The molecule has 0 aromatic heterocycles. The van der Waals surface area contributed by atoms with E-state index in [0.717, 1.165) is 16.9 Å². The molecular weight excluding hydrogens is 342 g/mol. The second-order valence-electron chi connectivity index (χ2n) is 5.58. The number of carboxylic acids is 1. The fourth-order valence-corrected chi connectivity index (χ4v) is 2.64. The molecule has 132 valence electrons. The molecule has 6 heteroatoms. The van der Waals surface area contributed by atoms with Gasteiger partial charge in [-0.15, -0.1) is 0 Å². The van der Waals surface area contributed by atoms with E-state index in [1.807, 2.05) is 24.3 Å². The number of aryl methyl sites for hydroxylation is 1. The lowest BCUT2D eigenvalue weighted by atomic mass is 10.1. The molecule has 0 heterocycles. The molecule has 0 saturated heterocycles. The quantitative estimate of drug-likeness (QED) is 0.782. The molecule has 2 aromatic carbocycles. The van der Waals surface area contributed by atoms with Gasteiger partial charge in [-0.3, -0.25) is 9.59 Å². The molecular formula is C19H20ClNO4. The van der Waals surface area contributed by atoms with Crippen molar-refractivity contribution in [3.63, 3.8) is 0 Å². The normalized spacial score (nSPS) is 10.3. The lowest BCUT2D eigenvalue weighted by molar-refractivity contribution is -0.144. The van der Waals surface area contributed by atoms with Crippen LogP contribution in [0.15, 0.2) is 48.5 Å². The Morgan fingerprint density at radius 3 is 2.44 bits per heavy atom. The molecule has 2 aromatic rings. The number of ether oxygens (including phenoxy) is 1. The lowest BCUT2D eigenvalue weighted by Crippen LogP contribution is -2.35. The highest BCUT2D eigenvalue weighted by Crippen LogP contribution is 2.19. The van der Waals surface area contributed by atoms with Gasteiger partial charge in [0.25, 0.3) is 0 Å². The van der Waals surface area contributed by atoms with Crippen molar-refractivity contribution in [2.75, 3.05) is 13.7 Å². The van der Waals surface area contributed by atoms with Gasteiger partial charge < -0.3 is 14.7 Å². The van der Waals surface area contributed by atoms with E-state index in [9.17, 15) is 9.59 Å². The van der Waals surface area contributed by atoms with Crippen LogP contribution in [0.5, 0.6) is 5.75 Å². The summed E-state index contributed by atoms with van der Waals surface area (Å²) >= 11 is 5.85. The topological polar surface area (TPSA) is 66.8 Å². The van der Waals surface area contributed by atoms with Crippen molar-refractivity contribution in [3.8, 4) is 5.75 Å². The molecule has 0 aliphatic rings. The molecule has 1 N–H and O–H groups in total. The number of nitrogens with zero attached hydrogens (tertiary/aromatic N) is 1. The SMILES string of the molecule is COc1ccccc1CCC(=O)N(CC(=O)O)Cc1ccc(Cl)cc1. The first kappa shape index (κ1) is 18.8. The molecule has 0 saturated carbocycles. The largest absolute Gasteiger partial charge is 0.496 e. The summed E-state index contributed by atoms with van der Waals surface area (Å²) in [7, 11) is 1.58. The first-order chi connectivity index (χ1) is 12.0. The van der Waals surface area contributed by atoms with Gasteiger partial charge in [0.1, 0.15) is 12.3 Å². The molecule has 0 unspecified atom stereocenters. The third-order valence-electron chi connectivity index (χ3n) is 3.77. The van der Waals surface area contributed by atoms with Crippen LogP contribution in [-0.4, -0.2) is 35.5 Å². The van der Waals surface area contributed by atoms with Gasteiger partial charge >= 0.3 is 5.97 Å². The van der Waals surface area contributed by atoms with Crippen molar-refractivity contribution in [1.29, 1.82) is 0 Å². The predicted molar refractivity (Wildman–Crippen MR) is 95.8 cm³/mol. The van der Waals surface area contributed by atoms with Crippen molar-refractivity contribution in [2.45, 2.75) is 19.4 Å². The van der Waals surface area contributed by atoms with Gasteiger partial charge in [0.2, 0.25) is 5.91 Å². The van der Waals surface area contributed by atoms with Gasteiger partial charge in [-0.2, -0.15) is 0 Å². The number of halogens is 1. The third-order valence-corrected chi connectivity index (χ3v) is 4.02. The molecule has 0 aliphatic carbocycles. The number of para-hydroxylation sites is 1. The smallest absolute Gasteiger partial charge is 0.323 e. The van der Waals surface area contributed by atoms with Crippen LogP contribution in [0.25, 0.3) is 0 Å². The molecule has 5 nitrogen and oxygen atoms in total. The molecule has 0 radical (unpaired) electrons. The van der Waals surface area contributed by atoms with E-state index in [1.165, 1.54) is 4.90 Å². The fraction of sp³-hybridized carbons (Fsp3) is 0.263. The summed E-state index contributed by atoms with van der Waals surface area (Å²) in [6, 6.07) is 14.5. The zero-order valence-corrected chi connectivity index (χ0v) is 14.7. The minimum absolute atomic E-state index is 0.210. The Balaban J connectivity index is 2.04. The van der Waals surface area contributed by atoms with Gasteiger partial charge in [0.15, 0.2) is 0 Å². The summed E-state index contributed by atoms with van der Waals surface area (Å²) in [5.74, 6) is -0.541. The Kier molecular flexibility index (Phi) is 6.83. The Labute approximate surface area is 151 Å². The molecule has 0 spiro atoms. The predicted octanol–water partition coefficient (Wildman–Crippen LogP) is 3.39. The van der Waals surface area contributed by atoms with Crippen molar-refractivity contribution < 1.29 is 19.4 Å². The number of aliphatic carboxylic acids is 1. The maximum atomic E-state index is 12.5. The van der Waals surface area contributed by atoms with E-state index < -0.39 is 5.97 Å². The standard InChI is InChI=1S/C19H20ClNO4/c1-25-17-5-3-2-4-15(17)8-11-18(22)21(13-19(23)24)12-14-6-9-16(20)10-7-14/h2-7,9-10H,8,11-13H2,1H3,(H,23,24). The Morgan fingerprint density at radius 2 is 1.80 bits per heavy atom. The fourth-order valence-electron chi connectivity index (χ4n) is 2.51. The monoisotopic (exact) mass is 361 g/mol. The van der Waals surface area contributed by atoms with Crippen LogP contribution in [0.4, 0.5) is 0 Å². The summed E-state index contributed by atoms with van der Waals surface area (Å²) in [6.07, 6.45) is 0.695. The number of carboxylic acid groups (broad SMARTS) is 1. The molecule has 0 fully saturated rings. The third kappa shape index (κ3) is 5.80. The van der Waals surface area contributed by atoms with E-state index in [-0.39, 0.29) is 25.4 Å². The molecule has 1 amide bonds. The number of benzene rings is 2. The first-order valence-corrected chi connectivity index (χ1v) is 8.23. The van der Waals surface area contributed by atoms with Gasteiger partial charge in [-0.25, -0.2) is 0 Å². The van der Waals surface area contributed by atoms with Crippen LogP contribution in [0.1, 0.15) is 17.5 Å². The number of carbonyl (C=O) groups is 2. The Bertz CT molecular complexity index is 730. The van der Waals surface area contributed by atoms with E-state index in [0.29, 0.717) is 11.4 Å². The number of hydrogen-bond acceptors (Lipinski definition) is 3. The first-order valence-electron chi connectivity index (χ1n) is 7.85. The number of rotatable bonds is 8. The maximum Gasteiger partial charge on any atom is 0.323 e. The highest BCUT2D eigenvalue weighted by Gasteiger charge is 2.17. The van der Waals surface area contributed by atoms with E-state index in [4.69, 9.17) is 21.4 Å². The Hall–Kier alpha value is -2.53. The van der Waals surface area contributed by atoms with Gasteiger partial charge in [0.05, 0.1) is 7.11 Å². The minimum Gasteiger partial charge on any atom is -0.496 e. The highest BCUT2D eigenvalue weighted by atomic mass is 35.5. The van der Waals surface area contributed by atoms with Gasteiger partial charge in [-0.1, -0.05) is 41.9 Å². The summed E-state index contributed by atoms with van der Waals surface area (Å²) in [4.78, 5) is 25.0. The van der Waals surface area contributed by atoms with Crippen LogP contribution in [0, 0.1) is 0 Å². The molecule has 0 atom stereocenters. The van der Waals surface area contributed by atoms with Gasteiger partial charge in [0, 0.05) is 18.0 Å². The van der Waals surface area contributed by atoms with Crippen LogP contribution in [-0.2, 0) is 22.6 Å². The summed E-state index contributed by atoms with van der Waals surface area (Å²) in [5.41, 5.74) is 1.75. The van der Waals surface area contributed by atoms with Crippen molar-refractivity contribution in [3.05, 3.63) is 64.7 Å². The number of carbonyl (C=O) groups excluding carboxylic acids is 1. The van der Waals surface area contributed by atoms with Crippen LogP contribution < -0.4 is 4.74 Å². The van der Waals surface area contributed by atoms with E-state index in [2.05, 4.69) is 0 Å². The maximum absolute atomic E-state index is 12.5. The van der Waals surface area contributed by atoms with Gasteiger partial charge in [-0.05, 0) is 35.7 Å². The van der Waals surface area contributed by atoms with Crippen molar-refractivity contribution >= 4 is 23.5 Å². The summed E-state index contributed by atoms with van der Waals surface area (Å²) in [6.45, 7) is -0.110. The highest BCUT2D eigenvalue weighted by molar-refractivity contribution is 6.30. The minimum atomic E-state index is -1.04. The second kappa shape index (κ2) is 9.08. The molecule has 2 rings (SSSR count). The van der Waals surface area contributed by atoms with Crippen LogP contribution in [0.3, 0.4) is 0 Å². The zero-order chi connectivity index (χ0) is 18.2. The van der Waals surface area contributed by atoms with Crippen molar-refractivity contribution in [2.24, 2.45) is 0 Å². The summed E-state index contributed by atoms with van der Waals surface area (Å²) in [5, 5.41) is 9.68. The van der Waals surface area contributed by atoms with E-state index >= 15 is 0 Å². The average molecular weight is 362 g/mol. The van der Waals surface area contributed by atoms with Crippen LogP contribution in [0.2, 0.25) is 5.02 Å². The second-order valence-corrected chi connectivity index (χ2v) is 6.02. The Morgan fingerprint density at radius 1 is 1.12 bits per heavy atom.